The molecule has 0 radical (unpaired) electrons. The van der Waals surface area contributed by atoms with Crippen molar-refractivity contribution in [2.45, 2.75) is 0 Å². The van der Waals surface area contributed by atoms with E-state index in [1.807, 2.05) is 6.07 Å². The third-order valence-electron chi connectivity index (χ3n) is 2.60. The van der Waals surface area contributed by atoms with E-state index in [1.54, 1.807) is 7.05 Å². The number of rotatable bonds is 3. The first-order valence-corrected chi connectivity index (χ1v) is 5.63. The summed E-state index contributed by atoms with van der Waals surface area (Å²) in [6.45, 7) is 0. The molecular weight excluding hydrogens is 263 g/mol. The van der Waals surface area contributed by atoms with E-state index in [0.29, 0.717) is 0 Å². The molecule has 2 aromatic rings. The van der Waals surface area contributed by atoms with Crippen molar-refractivity contribution in [1.82, 2.24) is 9.78 Å². The number of methoxy groups -OCH3 is 1. The zero-order chi connectivity index (χ0) is 14.7. The maximum absolute atomic E-state index is 13.5. The molecule has 1 heterocycles. The zero-order valence-corrected chi connectivity index (χ0v) is 10.8. The Bertz CT molecular complexity index is 703. The summed E-state index contributed by atoms with van der Waals surface area (Å²) in [5.74, 6) is -1.00. The number of nitrogens with one attached hydrogen (secondary N) is 1. The first-order valence-electron chi connectivity index (χ1n) is 5.63. The number of anilines is 1. The molecule has 1 aromatic heterocycles. The molecule has 0 unspecified atom stereocenters. The molecule has 0 saturated heterocycles. The van der Waals surface area contributed by atoms with Gasteiger partial charge in [0.25, 0.3) is 5.91 Å². The van der Waals surface area contributed by atoms with Crippen LogP contribution >= 0.6 is 0 Å². The third-order valence-corrected chi connectivity index (χ3v) is 2.60. The van der Waals surface area contributed by atoms with Crippen molar-refractivity contribution in [2.75, 3.05) is 12.4 Å². The Hall–Kier alpha value is -2.88. The quantitative estimate of drug-likeness (QED) is 0.923. The average molecular weight is 274 g/mol. The van der Waals surface area contributed by atoms with Crippen LogP contribution in [0.25, 0.3) is 0 Å². The fourth-order valence-corrected chi connectivity index (χ4v) is 1.65. The van der Waals surface area contributed by atoms with E-state index in [9.17, 15) is 9.18 Å². The van der Waals surface area contributed by atoms with Crippen LogP contribution in [0.15, 0.2) is 24.4 Å². The summed E-state index contributed by atoms with van der Waals surface area (Å²) in [5, 5.41) is 15.3. The van der Waals surface area contributed by atoms with Gasteiger partial charge < -0.3 is 10.1 Å². The number of hydrogen-bond donors (Lipinski definition) is 1. The molecule has 0 atom stereocenters. The maximum atomic E-state index is 13.5. The molecule has 1 amide bonds. The number of aryl methyl sites for hydroxylation is 1. The Morgan fingerprint density at radius 3 is 2.90 bits per heavy atom. The van der Waals surface area contributed by atoms with Crippen LogP contribution < -0.4 is 10.1 Å². The van der Waals surface area contributed by atoms with Gasteiger partial charge in [0.15, 0.2) is 17.4 Å². The van der Waals surface area contributed by atoms with Gasteiger partial charge in [-0.15, -0.1) is 0 Å². The van der Waals surface area contributed by atoms with Crippen LogP contribution in [-0.2, 0) is 7.05 Å². The van der Waals surface area contributed by atoms with Gasteiger partial charge in [-0.1, -0.05) is 0 Å². The van der Waals surface area contributed by atoms with Gasteiger partial charge in [0.05, 0.1) is 7.11 Å². The van der Waals surface area contributed by atoms with Crippen LogP contribution in [0.1, 0.15) is 15.9 Å². The van der Waals surface area contributed by atoms with Gasteiger partial charge >= 0.3 is 0 Å². The number of carbonyl (C=O) groups is 1. The topological polar surface area (TPSA) is 79.9 Å². The number of aromatic nitrogens is 2. The smallest absolute Gasteiger partial charge is 0.257 e. The molecule has 0 fully saturated rings. The molecule has 0 aliphatic heterocycles. The molecule has 20 heavy (non-hydrogen) atoms. The second-order valence-electron chi connectivity index (χ2n) is 3.98. The summed E-state index contributed by atoms with van der Waals surface area (Å²) < 4.78 is 19.7. The molecule has 1 aromatic carbocycles. The number of nitrogens with zero attached hydrogens (tertiary/aromatic N) is 3. The van der Waals surface area contributed by atoms with Gasteiger partial charge in [0.1, 0.15) is 11.6 Å². The fraction of sp³-hybridized carbons (Fsp3) is 0.154. The van der Waals surface area contributed by atoms with Crippen molar-refractivity contribution >= 4 is 11.7 Å². The molecule has 7 heteroatoms. The lowest BCUT2D eigenvalue weighted by molar-refractivity contribution is 0.102. The summed E-state index contributed by atoms with van der Waals surface area (Å²) in [6.07, 6.45) is 1.48. The molecular formula is C13H11FN4O2. The number of carbonyl (C=O) groups excluding carboxylic acids is 1. The highest BCUT2D eigenvalue weighted by atomic mass is 19.1. The van der Waals surface area contributed by atoms with Crippen LogP contribution in [0, 0.1) is 17.1 Å². The van der Waals surface area contributed by atoms with E-state index in [1.165, 1.54) is 30.1 Å². The Morgan fingerprint density at radius 1 is 1.55 bits per heavy atom. The summed E-state index contributed by atoms with van der Waals surface area (Å²) in [6, 6.07) is 5.75. The number of hydrogen-bond acceptors (Lipinski definition) is 4. The Labute approximate surface area is 114 Å². The Kier molecular flexibility index (Phi) is 3.66. The number of halogens is 1. The summed E-state index contributed by atoms with van der Waals surface area (Å²) in [4.78, 5) is 12.0. The fourth-order valence-electron chi connectivity index (χ4n) is 1.65. The van der Waals surface area contributed by atoms with Crippen LogP contribution in [-0.4, -0.2) is 22.8 Å². The van der Waals surface area contributed by atoms with Crippen molar-refractivity contribution in [3.63, 3.8) is 0 Å². The number of amides is 1. The van der Waals surface area contributed by atoms with Gasteiger partial charge in [-0.25, -0.2) is 4.39 Å². The van der Waals surface area contributed by atoms with Gasteiger partial charge in [-0.3, -0.25) is 9.48 Å². The van der Waals surface area contributed by atoms with E-state index in [2.05, 4.69) is 10.4 Å². The minimum Gasteiger partial charge on any atom is -0.494 e. The maximum Gasteiger partial charge on any atom is 0.257 e. The van der Waals surface area contributed by atoms with Gasteiger partial charge in [0, 0.05) is 18.8 Å². The van der Waals surface area contributed by atoms with Gasteiger partial charge in [-0.2, -0.15) is 10.4 Å². The van der Waals surface area contributed by atoms with Gasteiger partial charge in [-0.05, 0) is 18.2 Å². The largest absolute Gasteiger partial charge is 0.494 e. The second kappa shape index (κ2) is 5.40. The van der Waals surface area contributed by atoms with E-state index in [4.69, 9.17) is 10.00 Å². The lowest BCUT2D eigenvalue weighted by Gasteiger charge is -2.05. The first kappa shape index (κ1) is 13.5. The van der Waals surface area contributed by atoms with Crippen molar-refractivity contribution < 1.29 is 13.9 Å². The molecule has 6 nitrogen and oxygen atoms in total. The predicted molar refractivity (Wildman–Crippen MR) is 68.8 cm³/mol. The second-order valence-corrected chi connectivity index (χ2v) is 3.98. The van der Waals surface area contributed by atoms with Crippen LogP contribution in [0.2, 0.25) is 0 Å². The molecule has 0 aliphatic carbocycles. The molecule has 0 saturated carbocycles. The van der Waals surface area contributed by atoms with Crippen molar-refractivity contribution in [2.24, 2.45) is 7.05 Å². The van der Waals surface area contributed by atoms with E-state index in [0.717, 1.165) is 6.07 Å². The minimum absolute atomic E-state index is 0.0529. The van der Waals surface area contributed by atoms with E-state index < -0.39 is 11.7 Å². The van der Waals surface area contributed by atoms with Crippen LogP contribution in [0.3, 0.4) is 0 Å². The summed E-state index contributed by atoms with van der Waals surface area (Å²) in [7, 11) is 2.97. The van der Waals surface area contributed by atoms with Crippen molar-refractivity contribution in [1.29, 1.82) is 5.26 Å². The SMILES string of the molecule is COc1ccc(C(=O)Nc2nn(C)cc2C#N)cc1F. The average Bonchev–Trinajstić information content (AvgIpc) is 2.78. The lowest BCUT2D eigenvalue weighted by atomic mass is 10.2. The molecule has 2 rings (SSSR count). The number of ether oxygens (including phenoxy) is 1. The lowest BCUT2D eigenvalue weighted by Crippen LogP contribution is -2.13. The summed E-state index contributed by atoms with van der Waals surface area (Å²) >= 11 is 0. The van der Waals surface area contributed by atoms with Crippen molar-refractivity contribution in [3.05, 3.63) is 41.3 Å². The molecule has 0 aliphatic rings. The minimum atomic E-state index is -0.637. The van der Waals surface area contributed by atoms with Crippen molar-refractivity contribution in [3.8, 4) is 11.8 Å². The number of benzene rings is 1. The molecule has 0 bridgehead atoms. The molecule has 0 spiro atoms. The predicted octanol–water partition coefficient (Wildman–Crippen LogP) is 1.69. The van der Waals surface area contributed by atoms with E-state index in [-0.39, 0.29) is 22.7 Å². The summed E-state index contributed by atoms with van der Waals surface area (Å²) in [5.41, 5.74) is 0.340. The monoisotopic (exact) mass is 274 g/mol. The Morgan fingerprint density at radius 2 is 2.30 bits per heavy atom. The van der Waals surface area contributed by atoms with E-state index >= 15 is 0 Å². The Balaban J connectivity index is 2.24. The number of nitriles is 1. The molecule has 1 N–H and O–H groups in total. The first-order chi connectivity index (χ1) is 9.55. The van der Waals surface area contributed by atoms with Crippen LogP contribution in [0.5, 0.6) is 5.75 Å². The molecule has 102 valence electrons. The normalized spacial score (nSPS) is 9.90. The zero-order valence-electron chi connectivity index (χ0n) is 10.8. The highest BCUT2D eigenvalue weighted by molar-refractivity contribution is 6.04. The van der Waals surface area contributed by atoms with Crippen LogP contribution in [0.4, 0.5) is 10.2 Å². The van der Waals surface area contributed by atoms with Gasteiger partial charge in [0.2, 0.25) is 0 Å². The standard InChI is InChI=1S/C13H11FN4O2/c1-18-7-9(6-15)12(17-18)16-13(19)8-3-4-11(20-2)10(14)5-8/h3-5,7H,1-2H3,(H,16,17,19). The third kappa shape index (κ3) is 2.59. The highest BCUT2D eigenvalue weighted by Gasteiger charge is 2.14. The highest BCUT2D eigenvalue weighted by Crippen LogP contribution is 2.19.